The molecule has 3 saturated heterocycles. The van der Waals surface area contributed by atoms with E-state index >= 15 is 0 Å². The molecule has 3 aliphatic heterocycles. The van der Waals surface area contributed by atoms with Crippen LogP contribution in [0.3, 0.4) is 0 Å². The van der Waals surface area contributed by atoms with Crippen molar-refractivity contribution in [2.24, 2.45) is 5.92 Å². The summed E-state index contributed by atoms with van der Waals surface area (Å²) >= 11 is 0. The third kappa shape index (κ3) is 9.19. The molecule has 3 N–H and O–H groups in total. The van der Waals surface area contributed by atoms with Crippen molar-refractivity contribution < 1.29 is 23.9 Å². The second-order valence-corrected chi connectivity index (χ2v) is 16.8. The number of aldehydes is 2. The monoisotopic (exact) mass is 840 g/mol. The first-order valence-electron chi connectivity index (χ1n) is 21.8. The first kappa shape index (κ1) is 42.5. The van der Waals surface area contributed by atoms with Crippen molar-refractivity contribution in [3.63, 3.8) is 0 Å². The first-order valence-corrected chi connectivity index (χ1v) is 21.8. The van der Waals surface area contributed by atoms with Gasteiger partial charge in [-0.2, -0.15) is 5.10 Å². The highest BCUT2D eigenvalue weighted by atomic mass is 16.5. The average molecular weight is 841 g/mol. The third-order valence-electron chi connectivity index (χ3n) is 13.0. The van der Waals surface area contributed by atoms with Gasteiger partial charge in [0.15, 0.2) is 11.9 Å². The minimum atomic E-state index is -0.814. The molecule has 0 saturated carbocycles. The van der Waals surface area contributed by atoms with E-state index in [0.29, 0.717) is 24.1 Å². The number of fused-ring (bicyclic) bond motifs is 1. The quantitative estimate of drug-likeness (QED) is 0.128. The van der Waals surface area contributed by atoms with Gasteiger partial charge in [0.25, 0.3) is 5.91 Å². The lowest BCUT2D eigenvalue weighted by Crippen LogP contribution is -2.47. The van der Waals surface area contributed by atoms with E-state index in [-0.39, 0.29) is 35.9 Å². The van der Waals surface area contributed by atoms with Crippen molar-refractivity contribution >= 4 is 46.9 Å². The molecule has 0 radical (unpaired) electrons. The summed E-state index contributed by atoms with van der Waals surface area (Å²) in [4.78, 5) is 67.1. The van der Waals surface area contributed by atoms with E-state index in [0.717, 1.165) is 117 Å². The standard InChI is InChI=1S/C47H56N10O5/c1-49-46(60)41(9-6-26-58)53(2)47(61)40-15-12-36(27-34(40)30-59)55-22-16-32(17-23-55)28-54-21-18-37(29-54)56-24-19-35(20-25-56)57-45-42(44(48)50-31-51-45)43(52-57)33-10-13-39(14-11-33)62-38-7-4-3-5-8-38/h3-5,7-8,10-15,26-27,30-32,35,37,41H,6,9,16-25,28-29H2,1-2H3,(H,49,60)(H2,48,50,51). The van der Waals surface area contributed by atoms with Gasteiger partial charge in [-0.05, 0) is 106 Å². The Morgan fingerprint density at radius 2 is 1.63 bits per heavy atom. The number of rotatable bonds is 15. The molecule has 2 atom stereocenters. The van der Waals surface area contributed by atoms with E-state index in [1.165, 1.54) is 31.7 Å². The Morgan fingerprint density at radius 1 is 0.903 bits per heavy atom. The van der Waals surface area contributed by atoms with Gasteiger partial charge in [0.05, 0.1) is 17.0 Å². The van der Waals surface area contributed by atoms with E-state index in [4.69, 9.17) is 15.6 Å². The predicted molar refractivity (Wildman–Crippen MR) is 238 cm³/mol. The maximum atomic E-state index is 13.5. The van der Waals surface area contributed by atoms with Gasteiger partial charge in [-0.25, -0.2) is 14.6 Å². The summed E-state index contributed by atoms with van der Waals surface area (Å²) in [5, 5.41) is 8.49. The number of anilines is 2. The summed E-state index contributed by atoms with van der Waals surface area (Å²) in [5.41, 5.74) is 10.4. The molecule has 2 aromatic heterocycles. The van der Waals surface area contributed by atoms with Crippen LogP contribution in [0, 0.1) is 5.92 Å². The Bertz CT molecular complexity index is 2360. The van der Waals surface area contributed by atoms with Crippen molar-refractivity contribution in [3.8, 4) is 22.8 Å². The van der Waals surface area contributed by atoms with Gasteiger partial charge < -0.3 is 35.3 Å². The van der Waals surface area contributed by atoms with Gasteiger partial charge in [-0.3, -0.25) is 19.3 Å². The number of nitrogen functional groups attached to an aromatic ring is 1. The summed E-state index contributed by atoms with van der Waals surface area (Å²) in [7, 11) is 3.03. The summed E-state index contributed by atoms with van der Waals surface area (Å²) in [6.07, 6.45) is 8.55. The fourth-order valence-electron chi connectivity index (χ4n) is 9.53. The molecule has 62 heavy (non-hydrogen) atoms. The van der Waals surface area contributed by atoms with E-state index in [9.17, 15) is 19.2 Å². The molecule has 2 amide bonds. The smallest absolute Gasteiger partial charge is 0.255 e. The number of carbonyl (C=O) groups excluding carboxylic acids is 4. The van der Waals surface area contributed by atoms with Crippen LogP contribution in [-0.4, -0.2) is 131 Å². The molecule has 5 aromatic rings. The number of para-hydroxylation sites is 1. The number of hydrogen-bond acceptors (Lipinski definition) is 12. The number of carbonyl (C=O) groups is 4. The Labute approximate surface area is 362 Å². The van der Waals surface area contributed by atoms with Crippen molar-refractivity contribution in [2.75, 3.05) is 70.5 Å². The zero-order valence-electron chi connectivity index (χ0n) is 35.6. The van der Waals surface area contributed by atoms with Crippen LogP contribution in [0.5, 0.6) is 11.5 Å². The molecular formula is C47H56N10O5. The molecule has 2 unspecified atom stereocenters. The van der Waals surface area contributed by atoms with Gasteiger partial charge in [0.1, 0.15) is 41.7 Å². The zero-order chi connectivity index (χ0) is 43.2. The number of benzene rings is 3. The summed E-state index contributed by atoms with van der Waals surface area (Å²) in [6, 6.07) is 22.9. The molecular weight excluding hydrogens is 785 g/mol. The van der Waals surface area contributed by atoms with Gasteiger partial charge in [-0.1, -0.05) is 18.2 Å². The van der Waals surface area contributed by atoms with E-state index < -0.39 is 11.9 Å². The third-order valence-corrected chi connectivity index (χ3v) is 13.0. The Hall–Kier alpha value is -6.19. The molecule has 3 aromatic carbocycles. The predicted octanol–water partition coefficient (Wildman–Crippen LogP) is 5.47. The van der Waals surface area contributed by atoms with Gasteiger partial charge >= 0.3 is 0 Å². The largest absolute Gasteiger partial charge is 0.457 e. The number of ether oxygens (including phenoxy) is 1. The Kier molecular flexibility index (Phi) is 13.2. The lowest BCUT2D eigenvalue weighted by Gasteiger charge is -2.37. The van der Waals surface area contributed by atoms with Crippen molar-refractivity contribution in [1.82, 2.24) is 39.8 Å². The summed E-state index contributed by atoms with van der Waals surface area (Å²) in [5.74, 6) is 1.76. The van der Waals surface area contributed by atoms with Crippen LogP contribution in [0.15, 0.2) is 79.1 Å². The van der Waals surface area contributed by atoms with Crippen molar-refractivity contribution in [2.45, 2.75) is 63.1 Å². The lowest BCUT2D eigenvalue weighted by atomic mass is 9.95. The number of hydrogen-bond donors (Lipinski definition) is 2. The number of nitrogens with zero attached hydrogens (tertiary/aromatic N) is 8. The Morgan fingerprint density at radius 3 is 2.34 bits per heavy atom. The van der Waals surface area contributed by atoms with E-state index in [1.807, 2.05) is 60.7 Å². The zero-order valence-corrected chi connectivity index (χ0v) is 35.6. The number of likely N-dealkylation sites (N-methyl/N-ethyl adjacent to an activating group) is 2. The van der Waals surface area contributed by atoms with Crippen LogP contribution in [0.2, 0.25) is 0 Å². The van der Waals surface area contributed by atoms with Crippen molar-refractivity contribution in [3.05, 3.63) is 90.3 Å². The van der Waals surface area contributed by atoms with Gasteiger partial charge in [-0.15, -0.1) is 0 Å². The lowest BCUT2D eigenvalue weighted by molar-refractivity contribution is -0.125. The molecule has 8 rings (SSSR count). The number of nitrogens with two attached hydrogens (primary N) is 1. The molecule has 0 bridgehead atoms. The molecule has 0 spiro atoms. The molecule has 15 nitrogen and oxygen atoms in total. The number of amides is 2. The maximum Gasteiger partial charge on any atom is 0.255 e. The van der Waals surface area contributed by atoms with Crippen LogP contribution in [-0.2, 0) is 9.59 Å². The van der Waals surface area contributed by atoms with Crippen LogP contribution < -0.4 is 20.7 Å². The molecule has 3 aliphatic rings. The topological polar surface area (TPSA) is 172 Å². The van der Waals surface area contributed by atoms with E-state index in [1.54, 1.807) is 12.1 Å². The molecule has 324 valence electrons. The second kappa shape index (κ2) is 19.2. The van der Waals surface area contributed by atoms with Gasteiger partial charge in [0, 0.05) is 82.6 Å². The number of likely N-dealkylation sites (tertiary alicyclic amines) is 2. The highest BCUT2D eigenvalue weighted by Gasteiger charge is 2.34. The maximum absolute atomic E-state index is 13.5. The Balaban J connectivity index is 0.828. The number of nitrogens with one attached hydrogen (secondary N) is 1. The minimum absolute atomic E-state index is 0.146. The summed E-state index contributed by atoms with van der Waals surface area (Å²) in [6.45, 7) is 7.02. The minimum Gasteiger partial charge on any atom is -0.457 e. The van der Waals surface area contributed by atoms with Crippen LogP contribution in [0.25, 0.3) is 22.3 Å². The second-order valence-electron chi connectivity index (χ2n) is 16.8. The molecule has 0 aliphatic carbocycles. The van der Waals surface area contributed by atoms with Crippen molar-refractivity contribution in [1.29, 1.82) is 0 Å². The normalized spacial score (nSPS) is 18.4. The van der Waals surface area contributed by atoms with Crippen LogP contribution in [0.4, 0.5) is 11.5 Å². The molecule has 15 heteroatoms. The van der Waals surface area contributed by atoms with Gasteiger partial charge in [0.2, 0.25) is 5.91 Å². The fourth-order valence-corrected chi connectivity index (χ4v) is 9.53. The molecule has 3 fully saturated rings. The van der Waals surface area contributed by atoms with Crippen LogP contribution in [0.1, 0.15) is 71.7 Å². The first-order chi connectivity index (χ1) is 30.2. The number of piperidine rings is 2. The average Bonchev–Trinajstić information content (AvgIpc) is 3.95. The SMILES string of the molecule is CNC(=O)C(CCC=O)N(C)C(=O)c1ccc(N2CCC(CN3CCC(N4CCC(n5nc(-c6ccc(Oc7ccccc7)cc6)c6c(N)ncnc65)CC4)C3)CC2)cc1C=O. The number of aromatic nitrogens is 4. The van der Waals surface area contributed by atoms with Crippen LogP contribution >= 0.6 is 0 Å². The summed E-state index contributed by atoms with van der Waals surface area (Å²) < 4.78 is 8.10. The highest BCUT2D eigenvalue weighted by Crippen LogP contribution is 2.36. The highest BCUT2D eigenvalue weighted by molar-refractivity contribution is 6.03. The fraction of sp³-hybridized carbons (Fsp3) is 0.426. The van der Waals surface area contributed by atoms with E-state index in [2.05, 4.69) is 34.7 Å². The molecule has 5 heterocycles.